The summed E-state index contributed by atoms with van der Waals surface area (Å²) < 4.78 is -1.51. The Kier molecular flexibility index (Phi) is 9.27. The van der Waals surface area contributed by atoms with Gasteiger partial charge in [0, 0.05) is 5.56 Å². The molecule has 0 saturated carbocycles. The van der Waals surface area contributed by atoms with Gasteiger partial charge in [-0.15, -0.1) is 4.90 Å². The summed E-state index contributed by atoms with van der Waals surface area (Å²) in [6.45, 7) is 0. The summed E-state index contributed by atoms with van der Waals surface area (Å²) in [5, 5.41) is 17.8. The molecular weight excluding hydrogens is 350 g/mol. The van der Waals surface area contributed by atoms with Gasteiger partial charge in [0.2, 0.25) is 3.79 Å². The minimum Gasteiger partial charge on any atom is -0.776 e. The van der Waals surface area contributed by atoms with Gasteiger partial charge in [-0.3, -0.25) is 0 Å². The first kappa shape index (κ1) is 20.1. The number of benzene rings is 2. The molecule has 0 amide bonds. The van der Waals surface area contributed by atoms with Gasteiger partial charge in [-0.1, -0.05) is 65.1 Å². The van der Waals surface area contributed by atoms with Gasteiger partial charge in [0.15, 0.2) is 0 Å². The van der Waals surface area contributed by atoms with E-state index in [4.69, 9.17) is 52.5 Å². The van der Waals surface area contributed by atoms with Gasteiger partial charge in [-0.05, 0) is 18.2 Å². The van der Waals surface area contributed by atoms with Crippen LogP contribution in [0, 0.1) is 0 Å². The van der Waals surface area contributed by atoms with Crippen molar-refractivity contribution < 1.29 is 39.8 Å². The molecule has 0 aliphatic heterocycles. The number of para-hydroxylation sites is 1. The number of hydrogen-bond acceptors (Lipinski definition) is 3. The zero-order chi connectivity index (χ0) is 14.5. The van der Waals surface area contributed by atoms with Crippen molar-refractivity contribution in [3.8, 4) is 11.5 Å². The van der Waals surface area contributed by atoms with Gasteiger partial charge in [0.25, 0.3) is 0 Å². The molecule has 7 heteroatoms. The molecule has 2 aromatic carbocycles. The SMILES string of the molecule is Oc1cc(C(Cl)(Cl)Cl)ccc1[S-].Oc1ccccc1.[Na+]. The Morgan fingerprint density at radius 3 is 1.80 bits per heavy atom. The number of aromatic hydroxyl groups is 2. The zero-order valence-corrected chi connectivity index (χ0v) is 15.6. The Balaban J connectivity index is 0.000000387. The Morgan fingerprint density at radius 1 is 0.900 bits per heavy atom. The number of hydrogen-bond donors (Lipinski definition) is 2. The van der Waals surface area contributed by atoms with E-state index in [-0.39, 0.29) is 35.3 Å². The maximum atomic E-state index is 9.18. The van der Waals surface area contributed by atoms with E-state index in [1.165, 1.54) is 12.1 Å². The van der Waals surface area contributed by atoms with E-state index < -0.39 is 3.79 Å². The quantitative estimate of drug-likeness (QED) is 0.426. The molecule has 0 aliphatic carbocycles. The monoisotopic (exact) mass is 358 g/mol. The third kappa shape index (κ3) is 7.23. The van der Waals surface area contributed by atoms with Crippen LogP contribution in [0.15, 0.2) is 53.4 Å². The number of phenols is 2. The molecule has 0 heterocycles. The van der Waals surface area contributed by atoms with Crippen LogP contribution < -0.4 is 29.6 Å². The summed E-state index contributed by atoms with van der Waals surface area (Å²) in [4.78, 5) is 0.341. The summed E-state index contributed by atoms with van der Waals surface area (Å²) in [5.74, 6) is 0.274. The zero-order valence-electron chi connectivity index (χ0n) is 10.6. The van der Waals surface area contributed by atoms with Gasteiger partial charge in [-0.2, -0.15) is 0 Å². The molecule has 0 aliphatic rings. The molecule has 2 nitrogen and oxygen atoms in total. The molecule has 2 N–H and O–H groups in total. The standard InChI is InChI=1S/C7H5Cl3OS.C6H6O.Na/c8-7(9,10)4-1-2-6(12)5(11)3-4;7-6-4-2-1-3-5-6;/h1-3,11-12H;1-5,7H;/q;;+1/p-1. The van der Waals surface area contributed by atoms with Crippen molar-refractivity contribution in [1.29, 1.82) is 0 Å². The van der Waals surface area contributed by atoms with Gasteiger partial charge >= 0.3 is 29.6 Å². The first-order valence-corrected chi connectivity index (χ1v) is 6.66. The topological polar surface area (TPSA) is 40.5 Å². The number of alkyl halides is 3. The number of phenolic OH excluding ortho intramolecular Hbond substituents is 2. The van der Waals surface area contributed by atoms with Crippen molar-refractivity contribution in [2.75, 3.05) is 0 Å². The van der Waals surface area contributed by atoms with E-state index in [0.717, 1.165) is 0 Å². The second-order valence-corrected chi connectivity index (χ2v) is 6.24. The number of rotatable bonds is 0. The van der Waals surface area contributed by atoms with Crippen LogP contribution in [0.4, 0.5) is 0 Å². The second-order valence-electron chi connectivity index (χ2n) is 3.52. The molecule has 2 aromatic rings. The van der Waals surface area contributed by atoms with Crippen LogP contribution >= 0.6 is 34.8 Å². The molecule has 0 radical (unpaired) electrons. The van der Waals surface area contributed by atoms with Crippen LogP contribution in [-0.2, 0) is 16.4 Å². The van der Waals surface area contributed by atoms with Gasteiger partial charge in [0.05, 0.1) is 5.75 Å². The molecule has 0 spiro atoms. The molecule has 0 fully saturated rings. The van der Waals surface area contributed by atoms with Crippen molar-refractivity contribution in [3.05, 3.63) is 54.1 Å². The van der Waals surface area contributed by atoms with Crippen LogP contribution in [0.5, 0.6) is 11.5 Å². The van der Waals surface area contributed by atoms with Gasteiger partial charge < -0.3 is 22.8 Å². The molecule has 0 saturated heterocycles. The summed E-state index contributed by atoms with van der Waals surface area (Å²) in [5.41, 5.74) is 0.401. The van der Waals surface area contributed by atoms with Crippen molar-refractivity contribution in [1.82, 2.24) is 0 Å². The maximum absolute atomic E-state index is 9.18. The van der Waals surface area contributed by atoms with Crippen LogP contribution in [0.2, 0.25) is 0 Å². The predicted molar refractivity (Wildman–Crippen MR) is 81.1 cm³/mol. The van der Waals surface area contributed by atoms with E-state index in [1.54, 1.807) is 30.3 Å². The second kappa shape index (κ2) is 9.21. The van der Waals surface area contributed by atoms with E-state index in [2.05, 4.69) is 0 Å². The van der Waals surface area contributed by atoms with Crippen molar-refractivity contribution in [2.45, 2.75) is 8.69 Å². The van der Waals surface area contributed by atoms with Crippen LogP contribution in [0.1, 0.15) is 5.56 Å². The van der Waals surface area contributed by atoms with Crippen LogP contribution in [-0.4, -0.2) is 10.2 Å². The fraction of sp³-hybridized carbons (Fsp3) is 0.0769. The smallest absolute Gasteiger partial charge is 0.776 e. The average Bonchev–Trinajstić information content (AvgIpc) is 2.33. The minimum atomic E-state index is -1.51. The largest absolute Gasteiger partial charge is 1.00 e. The molecule has 2 rings (SSSR count). The Labute approximate surface area is 160 Å². The summed E-state index contributed by atoms with van der Waals surface area (Å²) in [6.07, 6.45) is 0. The first-order valence-electron chi connectivity index (χ1n) is 5.12. The van der Waals surface area contributed by atoms with E-state index in [9.17, 15) is 5.11 Å². The molecule has 0 aromatic heterocycles. The predicted octanol–water partition coefficient (Wildman–Crippen LogP) is 1.52. The molecule has 20 heavy (non-hydrogen) atoms. The number of halogens is 3. The molecular formula is C13H10Cl3NaO2S. The summed E-state index contributed by atoms with van der Waals surface area (Å²) >= 11 is 21.5. The molecule has 0 bridgehead atoms. The van der Waals surface area contributed by atoms with Crippen molar-refractivity contribution in [3.63, 3.8) is 0 Å². The Morgan fingerprint density at radius 2 is 1.45 bits per heavy atom. The Hall–Kier alpha value is 0.130. The van der Waals surface area contributed by atoms with Crippen molar-refractivity contribution in [2.24, 2.45) is 0 Å². The fourth-order valence-corrected chi connectivity index (χ4v) is 1.60. The molecule has 102 valence electrons. The van der Waals surface area contributed by atoms with Crippen molar-refractivity contribution >= 4 is 47.4 Å². The molecule has 0 atom stereocenters. The molecule has 0 unspecified atom stereocenters. The summed E-state index contributed by atoms with van der Waals surface area (Å²) in [6, 6.07) is 13.1. The van der Waals surface area contributed by atoms with Crippen LogP contribution in [0.25, 0.3) is 0 Å². The minimum absolute atomic E-state index is 0. The van der Waals surface area contributed by atoms with E-state index >= 15 is 0 Å². The van der Waals surface area contributed by atoms with Crippen LogP contribution in [0.3, 0.4) is 0 Å². The third-order valence-corrected chi connectivity index (χ3v) is 3.04. The maximum Gasteiger partial charge on any atom is 1.00 e. The first-order chi connectivity index (χ1) is 8.80. The van der Waals surface area contributed by atoms with E-state index in [1.807, 2.05) is 6.07 Å². The van der Waals surface area contributed by atoms with Gasteiger partial charge in [0.1, 0.15) is 5.75 Å². The average molecular weight is 360 g/mol. The third-order valence-electron chi connectivity index (χ3n) is 2.04. The summed E-state index contributed by atoms with van der Waals surface area (Å²) in [7, 11) is 0. The van der Waals surface area contributed by atoms with E-state index in [0.29, 0.717) is 16.2 Å². The fourth-order valence-electron chi connectivity index (χ4n) is 1.12. The normalized spacial score (nSPS) is 9.95. The Bertz CT molecular complexity index is 533. The van der Waals surface area contributed by atoms with Gasteiger partial charge in [-0.25, -0.2) is 0 Å².